The van der Waals surface area contributed by atoms with Gasteiger partial charge < -0.3 is 11.5 Å². The molecule has 0 aromatic heterocycles. The molecule has 0 saturated carbocycles. The molecule has 1 fully saturated rings. The molecule has 16 heavy (non-hydrogen) atoms. The summed E-state index contributed by atoms with van der Waals surface area (Å²) in [6.07, 6.45) is -3.25. The molecule has 1 aliphatic rings. The average molecular weight is 239 g/mol. The maximum Gasteiger partial charge on any atom is 0.405 e. The maximum absolute atomic E-state index is 12.6. The van der Waals surface area contributed by atoms with Gasteiger partial charge in [-0.2, -0.15) is 13.2 Å². The van der Waals surface area contributed by atoms with Gasteiger partial charge in [0.1, 0.15) is 6.04 Å². The number of amides is 1. The van der Waals surface area contributed by atoms with Crippen molar-refractivity contribution in [2.75, 3.05) is 19.6 Å². The van der Waals surface area contributed by atoms with Gasteiger partial charge in [-0.25, -0.2) is 0 Å². The molecule has 2 atom stereocenters. The fraction of sp³-hybridized carbons (Fsp3) is 0.889. The van der Waals surface area contributed by atoms with E-state index >= 15 is 0 Å². The Labute approximate surface area is 91.8 Å². The molecule has 0 radical (unpaired) electrons. The molecule has 4 N–H and O–H groups in total. The minimum atomic E-state index is -4.35. The van der Waals surface area contributed by atoms with Crippen molar-refractivity contribution in [2.24, 2.45) is 17.4 Å². The molecule has 7 heteroatoms. The van der Waals surface area contributed by atoms with Gasteiger partial charge >= 0.3 is 6.18 Å². The van der Waals surface area contributed by atoms with Crippen molar-refractivity contribution in [1.29, 1.82) is 0 Å². The molecule has 0 aromatic rings. The summed E-state index contributed by atoms with van der Waals surface area (Å²) in [5.74, 6) is -1.03. The third kappa shape index (κ3) is 3.08. The van der Waals surface area contributed by atoms with Crippen molar-refractivity contribution in [2.45, 2.75) is 25.1 Å². The van der Waals surface area contributed by atoms with Crippen molar-refractivity contribution in [3.8, 4) is 0 Å². The molecule has 4 nitrogen and oxygen atoms in total. The van der Waals surface area contributed by atoms with Crippen molar-refractivity contribution >= 4 is 5.91 Å². The van der Waals surface area contributed by atoms with E-state index in [0.29, 0.717) is 19.4 Å². The number of likely N-dealkylation sites (tertiary alicyclic amines) is 1. The van der Waals surface area contributed by atoms with Gasteiger partial charge in [-0.05, 0) is 19.4 Å². The SMILES string of the molecule is NCC(N1CCCC(C(N)=O)C1)C(F)(F)F. The summed E-state index contributed by atoms with van der Waals surface area (Å²) in [6, 6.07) is -1.67. The first-order chi connectivity index (χ1) is 7.36. The number of carbonyl (C=O) groups excluding carboxylic acids is 1. The van der Waals surface area contributed by atoms with Crippen LogP contribution in [0.15, 0.2) is 0 Å². The zero-order valence-electron chi connectivity index (χ0n) is 8.83. The highest BCUT2D eigenvalue weighted by Gasteiger charge is 2.44. The standard InChI is InChI=1S/C9H16F3N3O/c10-9(11,12)7(4-13)15-3-1-2-6(5-15)8(14)16/h6-7H,1-5,13H2,(H2,14,16). The lowest BCUT2D eigenvalue weighted by Crippen LogP contribution is -2.54. The van der Waals surface area contributed by atoms with Crippen LogP contribution in [-0.4, -0.2) is 42.7 Å². The number of halogens is 3. The first-order valence-electron chi connectivity index (χ1n) is 5.16. The zero-order valence-corrected chi connectivity index (χ0v) is 8.83. The van der Waals surface area contributed by atoms with Crippen LogP contribution in [-0.2, 0) is 4.79 Å². The second-order valence-electron chi connectivity index (χ2n) is 4.03. The van der Waals surface area contributed by atoms with Gasteiger partial charge in [0.2, 0.25) is 5.91 Å². The molecular formula is C9H16F3N3O. The lowest BCUT2D eigenvalue weighted by atomic mass is 9.96. The zero-order chi connectivity index (χ0) is 12.3. The summed E-state index contributed by atoms with van der Waals surface area (Å²) in [4.78, 5) is 12.2. The van der Waals surface area contributed by atoms with E-state index in [1.54, 1.807) is 0 Å². The number of nitrogens with two attached hydrogens (primary N) is 2. The second kappa shape index (κ2) is 5.01. The van der Waals surface area contributed by atoms with Crippen LogP contribution in [0.2, 0.25) is 0 Å². The molecule has 2 unspecified atom stereocenters. The summed E-state index contributed by atoms with van der Waals surface area (Å²) < 4.78 is 37.8. The van der Waals surface area contributed by atoms with E-state index in [9.17, 15) is 18.0 Å². The Hall–Kier alpha value is -0.820. The van der Waals surface area contributed by atoms with E-state index < -0.39 is 30.6 Å². The number of hydrogen-bond acceptors (Lipinski definition) is 3. The maximum atomic E-state index is 12.6. The third-order valence-corrected chi connectivity index (χ3v) is 2.90. The van der Waals surface area contributed by atoms with Gasteiger partial charge in [0.25, 0.3) is 0 Å². The lowest BCUT2D eigenvalue weighted by molar-refractivity contribution is -0.185. The van der Waals surface area contributed by atoms with Crippen LogP contribution in [0, 0.1) is 5.92 Å². The van der Waals surface area contributed by atoms with Crippen molar-refractivity contribution in [1.82, 2.24) is 4.90 Å². The number of hydrogen-bond donors (Lipinski definition) is 2. The molecule has 0 aliphatic carbocycles. The van der Waals surface area contributed by atoms with E-state index in [1.165, 1.54) is 4.90 Å². The molecule has 1 amide bonds. The molecule has 1 heterocycles. The van der Waals surface area contributed by atoms with Gasteiger partial charge in [0, 0.05) is 13.1 Å². The van der Waals surface area contributed by atoms with Gasteiger partial charge in [-0.3, -0.25) is 9.69 Å². The van der Waals surface area contributed by atoms with Crippen molar-refractivity contribution in [3.05, 3.63) is 0 Å². The number of primary amides is 1. The normalized spacial score (nSPS) is 25.4. The molecule has 1 saturated heterocycles. The minimum Gasteiger partial charge on any atom is -0.369 e. The summed E-state index contributed by atoms with van der Waals surface area (Å²) >= 11 is 0. The number of piperidine rings is 1. The molecule has 1 rings (SSSR count). The fourth-order valence-corrected chi connectivity index (χ4v) is 2.01. The predicted molar refractivity (Wildman–Crippen MR) is 52.4 cm³/mol. The summed E-state index contributed by atoms with van der Waals surface area (Å²) in [5, 5.41) is 0. The smallest absolute Gasteiger partial charge is 0.369 e. The first-order valence-corrected chi connectivity index (χ1v) is 5.16. The van der Waals surface area contributed by atoms with Gasteiger partial charge in [-0.1, -0.05) is 0 Å². The molecule has 94 valence electrons. The third-order valence-electron chi connectivity index (χ3n) is 2.90. The monoisotopic (exact) mass is 239 g/mol. The Morgan fingerprint density at radius 1 is 1.50 bits per heavy atom. The van der Waals surface area contributed by atoms with Crippen LogP contribution in [0.3, 0.4) is 0 Å². The number of rotatable bonds is 3. The molecule has 0 spiro atoms. The molecule has 0 aromatic carbocycles. The fourth-order valence-electron chi connectivity index (χ4n) is 2.01. The van der Waals surface area contributed by atoms with Gasteiger partial charge in [0.05, 0.1) is 5.92 Å². The summed E-state index contributed by atoms with van der Waals surface area (Å²) in [6.45, 7) is -0.128. The first kappa shape index (κ1) is 13.2. The van der Waals surface area contributed by atoms with E-state index in [4.69, 9.17) is 11.5 Å². The quantitative estimate of drug-likeness (QED) is 0.732. The molecular weight excluding hydrogens is 223 g/mol. The highest BCUT2D eigenvalue weighted by atomic mass is 19.4. The van der Waals surface area contributed by atoms with Crippen LogP contribution in [0.1, 0.15) is 12.8 Å². The predicted octanol–water partition coefficient (Wildman–Crippen LogP) is 0.0733. The van der Waals surface area contributed by atoms with Crippen molar-refractivity contribution < 1.29 is 18.0 Å². The van der Waals surface area contributed by atoms with E-state index in [1.807, 2.05) is 0 Å². The Bertz CT molecular complexity index is 257. The van der Waals surface area contributed by atoms with Gasteiger partial charge in [0.15, 0.2) is 0 Å². The van der Waals surface area contributed by atoms with Gasteiger partial charge in [-0.15, -0.1) is 0 Å². The Morgan fingerprint density at radius 2 is 2.12 bits per heavy atom. The second-order valence-corrected chi connectivity index (χ2v) is 4.03. The average Bonchev–Trinajstić information content (AvgIpc) is 2.17. The van der Waals surface area contributed by atoms with Crippen molar-refractivity contribution in [3.63, 3.8) is 0 Å². The van der Waals surface area contributed by atoms with E-state index in [0.717, 1.165) is 0 Å². The van der Waals surface area contributed by atoms with E-state index in [2.05, 4.69) is 0 Å². The highest BCUT2D eigenvalue weighted by molar-refractivity contribution is 5.76. The highest BCUT2D eigenvalue weighted by Crippen LogP contribution is 2.28. The summed E-state index contributed by atoms with van der Waals surface area (Å²) in [5.41, 5.74) is 10.2. The van der Waals surface area contributed by atoms with Crippen LogP contribution in [0.5, 0.6) is 0 Å². The Balaban J connectivity index is 2.68. The van der Waals surface area contributed by atoms with Crippen LogP contribution >= 0.6 is 0 Å². The van der Waals surface area contributed by atoms with E-state index in [-0.39, 0.29) is 6.54 Å². The summed E-state index contributed by atoms with van der Waals surface area (Å²) in [7, 11) is 0. The topological polar surface area (TPSA) is 72.3 Å². The minimum absolute atomic E-state index is 0.0523. The Morgan fingerprint density at radius 3 is 2.56 bits per heavy atom. The number of carbonyl (C=O) groups is 1. The molecule has 0 bridgehead atoms. The van der Waals surface area contributed by atoms with Crippen LogP contribution in [0.4, 0.5) is 13.2 Å². The molecule has 1 aliphatic heterocycles. The Kier molecular flexibility index (Phi) is 4.15. The number of alkyl halides is 3. The largest absolute Gasteiger partial charge is 0.405 e. The van der Waals surface area contributed by atoms with Crippen LogP contribution in [0.25, 0.3) is 0 Å². The van der Waals surface area contributed by atoms with Crippen LogP contribution < -0.4 is 11.5 Å². The lowest BCUT2D eigenvalue weighted by Gasteiger charge is -2.37. The number of nitrogens with zero attached hydrogens (tertiary/aromatic N) is 1.